The standard InChI is InChI=1S/C27H44N2/c1-4-6-8-10-11-13-15-25(14-12-9-7-5-2)24-29-22-18-27(19-23-29)26-16-20-28(3)21-17-26/h16-23,25H,4-15,24H2,1-3H3/q+2. The maximum absolute atomic E-state index is 2.41. The normalized spacial score (nSPS) is 12.2. The number of hydrogen-bond donors (Lipinski definition) is 0. The molecule has 2 nitrogen and oxygen atoms in total. The van der Waals surface area contributed by atoms with Gasteiger partial charge in [-0.15, -0.1) is 0 Å². The minimum atomic E-state index is 0.824. The van der Waals surface area contributed by atoms with E-state index >= 15 is 0 Å². The number of rotatable bonds is 15. The van der Waals surface area contributed by atoms with Crippen molar-refractivity contribution in [2.45, 2.75) is 97.4 Å². The lowest BCUT2D eigenvalue weighted by Gasteiger charge is -2.14. The van der Waals surface area contributed by atoms with Gasteiger partial charge in [0.1, 0.15) is 7.05 Å². The second kappa shape index (κ2) is 14.3. The molecule has 0 radical (unpaired) electrons. The van der Waals surface area contributed by atoms with Crippen LogP contribution in [0.3, 0.4) is 0 Å². The second-order valence-electron chi connectivity index (χ2n) is 8.81. The first-order valence-electron chi connectivity index (χ1n) is 12.2. The second-order valence-corrected chi connectivity index (χ2v) is 8.81. The predicted octanol–water partition coefficient (Wildman–Crippen LogP) is 6.80. The lowest BCUT2D eigenvalue weighted by atomic mass is 9.94. The highest BCUT2D eigenvalue weighted by atomic mass is 14.9. The topological polar surface area (TPSA) is 7.76 Å². The summed E-state index contributed by atoms with van der Waals surface area (Å²) in [5, 5.41) is 0. The first-order valence-corrected chi connectivity index (χ1v) is 12.2. The van der Waals surface area contributed by atoms with E-state index < -0.39 is 0 Å². The van der Waals surface area contributed by atoms with Gasteiger partial charge in [-0.1, -0.05) is 78.1 Å². The Morgan fingerprint density at radius 2 is 1.07 bits per heavy atom. The summed E-state index contributed by atoms with van der Waals surface area (Å²) in [6, 6.07) is 8.92. The van der Waals surface area contributed by atoms with Gasteiger partial charge in [0, 0.05) is 30.2 Å². The molecule has 2 aromatic heterocycles. The summed E-state index contributed by atoms with van der Waals surface area (Å²) in [5.41, 5.74) is 2.59. The minimum absolute atomic E-state index is 0.824. The summed E-state index contributed by atoms with van der Waals surface area (Å²) in [7, 11) is 2.06. The molecule has 2 heterocycles. The summed E-state index contributed by atoms with van der Waals surface area (Å²) in [6.07, 6.45) is 25.5. The van der Waals surface area contributed by atoms with Crippen LogP contribution in [0.2, 0.25) is 0 Å². The smallest absolute Gasteiger partial charge is 0.169 e. The van der Waals surface area contributed by atoms with Crippen LogP contribution in [-0.2, 0) is 13.6 Å². The van der Waals surface area contributed by atoms with E-state index in [0.717, 1.165) is 5.92 Å². The Bertz CT molecular complexity index is 645. The average molecular weight is 397 g/mol. The number of aromatic nitrogens is 2. The van der Waals surface area contributed by atoms with Crippen LogP contribution in [0.25, 0.3) is 11.1 Å². The van der Waals surface area contributed by atoms with Gasteiger partial charge in [0.05, 0.1) is 0 Å². The van der Waals surface area contributed by atoms with Crippen molar-refractivity contribution in [3.05, 3.63) is 49.1 Å². The van der Waals surface area contributed by atoms with Gasteiger partial charge in [0.2, 0.25) is 0 Å². The molecule has 0 aliphatic heterocycles. The maximum Gasteiger partial charge on any atom is 0.169 e. The maximum atomic E-state index is 2.41. The SMILES string of the molecule is CCCCCCCCC(CCCCCC)C[n+]1ccc(-c2cc[n+](C)cc2)cc1. The van der Waals surface area contributed by atoms with E-state index in [2.05, 4.69) is 79.1 Å². The van der Waals surface area contributed by atoms with Gasteiger partial charge >= 0.3 is 0 Å². The largest absolute Gasteiger partial charge is 0.208 e. The van der Waals surface area contributed by atoms with Crippen LogP contribution in [0.4, 0.5) is 0 Å². The van der Waals surface area contributed by atoms with Gasteiger partial charge in [-0.2, -0.15) is 0 Å². The van der Waals surface area contributed by atoms with Crippen LogP contribution in [-0.4, -0.2) is 0 Å². The highest BCUT2D eigenvalue weighted by Crippen LogP contribution is 2.20. The molecule has 0 saturated carbocycles. The minimum Gasteiger partial charge on any atom is -0.208 e. The Morgan fingerprint density at radius 3 is 1.62 bits per heavy atom. The highest BCUT2D eigenvalue weighted by molar-refractivity contribution is 5.60. The molecule has 1 atom stereocenters. The molecule has 0 N–H and O–H groups in total. The van der Waals surface area contributed by atoms with Crippen molar-refractivity contribution in [2.75, 3.05) is 0 Å². The van der Waals surface area contributed by atoms with Crippen LogP contribution in [0, 0.1) is 5.92 Å². The first kappa shape index (κ1) is 23.6. The summed E-state index contributed by atoms with van der Waals surface area (Å²) in [6.45, 7) is 5.77. The average Bonchev–Trinajstić information content (AvgIpc) is 2.74. The Morgan fingerprint density at radius 1 is 0.621 bits per heavy atom. The number of pyridine rings is 2. The molecule has 0 amide bonds. The number of nitrogens with zero attached hydrogens (tertiary/aromatic N) is 2. The zero-order valence-corrected chi connectivity index (χ0v) is 19.3. The zero-order chi connectivity index (χ0) is 20.7. The van der Waals surface area contributed by atoms with Crippen molar-refractivity contribution >= 4 is 0 Å². The van der Waals surface area contributed by atoms with Crippen molar-refractivity contribution in [2.24, 2.45) is 13.0 Å². The molecule has 0 fully saturated rings. The van der Waals surface area contributed by atoms with Gasteiger partial charge in [0.25, 0.3) is 0 Å². The Hall–Kier alpha value is -1.70. The fourth-order valence-corrected chi connectivity index (χ4v) is 4.16. The lowest BCUT2D eigenvalue weighted by Crippen LogP contribution is -2.36. The van der Waals surface area contributed by atoms with Gasteiger partial charge in [-0.25, -0.2) is 9.13 Å². The van der Waals surface area contributed by atoms with E-state index in [9.17, 15) is 0 Å². The molecule has 2 heteroatoms. The van der Waals surface area contributed by atoms with E-state index in [0.29, 0.717) is 0 Å². The van der Waals surface area contributed by atoms with Crippen molar-refractivity contribution < 1.29 is 9.13 Å². The molecular formula is C27H44N2+2. The first-order chi connectivity index (χ1) is 14.2. The van der Waals surface area contributed by atoms with E-state index in [1.807, 2.05) is 0 Å². The van der Waals surface area contributed by atoms with Crippen LogP contribution >= 0.6 is 0 Å². The molecule has 0 bridgehead atoms. The molecule has 1 unspecified atom stereocenters. The third-order valence-corrected chi connectivity index (χ3v) is 6.10. The zero-order valence-electron chi connectivity index (χ0n) is 19.3. The van der Waals surface area contributed by atoms with E-state index in [4.69, 9.17) is 0 Å². The summed E-state index contributed by atoms with van der Waals surface area (Å²) >= 11 is 0. The van der Waals surface area contributed by atoms with Crippen molar-refractivity contribution in [3.8, 4) is 11.1 Å². The molecule has 0 spiro atoms. The summed E-state index contributed by atoms with van der Waals surface area (Å²) in [5.74, 6) is 0.824. The quantitative estimate of drug-likeness (QED) is 0.231. The molecule has 0 saturated heterocycles. The van der Waals surface area contributed by atoms with Gasteiger partial charge in [0.15, 0.2) is 31.3 Å². The van der Waals surface area contributed by atoms with E-state index in [-0.39, 0.29) is 0 Å². The lowest BCUT2D eigenvalue weighted by molar-refractivity contribution is -0.703. The fourth-order valence-electron chi connectivity index (χ4n) is 4.16. The number of unbranched alkanes of at least 4 members (excludes halogenated alkanes) is 8. The fraction of sp³-hybridized carbons (Fsp3) is 0.630. The summed E-state index contributed by atoms with van der Waals surface area (Å²) in [4.78, 5) is 0. The van der Waals surface area contributed by atoms with Crippen LogP contribution < -0.4 is 9.13 Å². The number of hydrogen-bond acceptors (Lipinski definition) is 0. The molecule has 2 rings (SSSR count). The molecule has 2 aromatic rings. The Labute approximate surface area is 180 Å². The van der Waals surface area contributed by atoms with Crippen LogP contribution in [0.1, 0.15) is 90.9 Å². The van der Waals surface area contributed by atoms with E-state index in [1.54, 1.807) is 0 Å². The molecular weight excluding hydrogens is 352 g/mol. The molecule has 160 valence electrons. The van der Waals surface area contributed by atoms with E-state index in [1.165, 1.54) is 94.7 Å². The molecule has 0 aromatic carbocycles. The Kier molecular flexibility index (Phi) is 11.6. The third-order valence-electron chi connectivity index (χ3n) is 6.10. The third kappa shape index (κ3) is 9.56. The molecule has 29 heavy (non-hydrogen) atoms. The predicted molar refractivity (Wildman–Crippen MR) is 123 cm³/mol. The summed E-state index contributed by atoms with van der Waals surface area (Å²) < 4.78 is 4.49. The van der Waals surface area contributed by atoms with Crippen molar-refractivity contribution in [3.63, 3.8) is 0 Å². The van der Waals surface area contributed by atoms with Crippen LogP contribution in [0.5, 0.6) is 0 Å². The Balaban J connectivity index is 1.87. The highest BCUT2D eigenvalue weighted by Gasteiger charge is 2.14. The number of aryl methyl sites for hydroxylation is 1. The molecule has 0 aliphatic rings. The van der Waals surface area contributed by atoms with Gasteiger partial charge in [-0.3, -0.25) is 0 Å². The van der Waals surface area contributed by atoms with Crippen molar-refractivity contribution in [1.82, 2.24) is 0 Å². The van der Waals surface area contributed by atoms with Gasteiger partial charge < -0.3 is 0 Å². The van der Waals surface area contributed by atoms with Crippen LogP contribution in [0.15, 0.2) is 49.1 Å². The monoisotopic (exact) mass is 396 g/mol. The molecule has 0 aliphatic carbocycles. The van der Waals surface area contributed by atoms with Crippen molar-refractivity contribution in [1.29, 1.82) is 0 Å². The van der Waals surface area contributed by atoms with Gasteiger partial charge in [-0.05, 0) is 24.0 Å².